The van der Waals surface area contributed by atoms with E-state index < -0.39 is 0 Å². The van der Waals surface area contributed by atoms with E-state index in [0.717, 1.165) is 23.2 Å². The molecule has 0 saturated heterocycles. The van der Waals surface area contributed by atoms with Crippen LogP contribution in [0.25, 0.3) is 0 Å². The Kier molecular flexibility index (Phi) is 5.99. The summed E-state index contributed by atoms with van der Waals surface area (Å²) in [6, 6.07) is 8.16. The fraction of sp³-hybridized carbons (Fsp3) is 0.375. The molecule has 1 aromatic heterocycles. The minimum atomic E-state index is 0.516. The number of rotatable bonds is 7. The smallest absolute Gasteiger partial charge is 0.238 e. The highest BCUT2D eigenvalue weighted by Gasteiger charge is 2.07. The standard InChI is InChI=1S/C16H20BrN3O/c1-3-5-6-12-7-9-13(10-8-12)21-15-14(17)11-19-16(20-15)18-4-2/h7-11H,3-6H2,1-2H3,(H,18,19,20). The molecule has 0 fully saturated rings. The van der Waals surface area contributed by atoms with E-state index >= 15 is 0 Å². The molecule has 112 valence electrons. The number of aromatic nitrogens is 2. The van der Waals surface area contributed by atoms with Gasteiger partial charge in [0.1, 0.15) is 5.75 Å². The van der Waals surface area contributed by atoms with E-state index in [2.05, 4.69) is 50.3 Å². The van der Waals surface area contributed by atoms with Gasteiger partial charge in [-0.25, -0.2) is 4.98 Å². The largest absolute Gasteiger partial charge is 0.438 e. The predicted octanol–water partition coefficient (Wildman–Crippen LogP) is 4.81. The average Bonchev–Trinajstić information content (AvgIpc) is 2.50. The molecule has 0 aliphatic heterocycles. The highest BCUT2D eigenvalue weighted by Crippen LogP contribution is 2.28. The minimum Gasteiger partial charge on any atom is -0.438 e. The van der Waals surface area contributed by atoms with Crippen molar-refractivity contribution in [2.24, 2.45) is 0 Å². The second kappa shape index (κ2) is 7.98. The van der Waals surface area contributed by atoms with Crippen LogP contribution in [-0.2, 0) is 6.42 Å². The second-order valence-electron chi connectivity index (χ2n) is 4.73. The first-order valence-electron chi connectivity index (χ1n) is 7.26. The number of unbranched alkanes of at least 4 members (excludes halogenated alkanes) is 1. The maximum atomic E-state index is 5.82. The molecule has 0 unspecified atom stereocenters. The summed E-state index contributed by atoms with van der Waals surface area (Å²) < 4.78 is 6.55. The van der Waals surface area contributed by atoms with E-state index in [9.17, 15) is 0 Å². The Bertz CT molecular complexity index is 572. The van der Waals surface area contributed by atoms with Gasteiger partial charge in [-0.3, -0.25) is 0 Å². The number of nitrogens with zero attached hydrogens (tertiary/aromatic N) is 2. The molecule has 1 aromatic carbocycles. The Hall–Kier alpha value is -1.62. The number of nitrogens with one attached hydrogen (secondary N) is 1. The molecule has 0 bridgehead atoms. The fourth-order valence-corrected chi connectivity index (χ4v) is 2.16. The minimum absolute atomic E-state index is 0.516. The van der Waals surface area contributed by atoms with Crippen LogP contribution < -0.4 is 10.1 Å². The first-order chi connectivity index (χ1) is 10.2. The predicted molar refractivity (Wildman–Crippen MR) is 89.0 cm³/mol. The molecule has 0 aliphatic rings. The zero-order chi connectivity index (χ0) is 15.1. The summed E-state index contributed by atoms with van der Waals surface area (Å²) >= 11 is 3.41. The molecule has 0 radical (unpaired) electrons. The fourth-order valence-electron chi connectivity index (χ4n) is 1.88. The lowest BCUT2D eigenvalue weighted by Crippen LogP contribution is -2.03. The van der Waals surface area contributed by atoms with Crippen LogP contribution in [0.2, 0.25) is 0 Å². The Balaban J connectivity index is 2.08. The van der Waals surface area contributed by atoms with Gasteiger partial charge in [0.2, 0.25) is 11.8 Å². The van der Waals surface area contributed by atoms with Gasteiger partial charge in [-0.05, 0) is 53.4 Å². The molecule has 0 spiro atoms. The molecule has 2 rings (SSSR count). The molecule has 2 aromatic rings. The third kappa shape index (κ3) is 4.70. The van der Waals surface area contributed by atoms with Crippen LogP contribution in [0, 0.1) is 0 Å². The summed E-state index contributed by atoms with van der Waals surface area (Å²) in [6.07, 6.45) is 5.22. The van der Waals surface area contributed by atoms with Crippen molar-refractivity contribution in [1.29, 1.82) is 0 Å². The van der Waals surface area contributed by atoms with Crippen molar-refractivity contribution >= 4 is 21.9 Å². The van der Waals surface area contributed by atoms with Gasteiger partial charge in [0.05, 0.1) is 10.7 Å². The molecule has 5 heteroatoms. The summed E-state index contributed by atoms with van der Waals surface area (Å²) in [6.45, 7) is 4.97. The Morgan fingerprint density at radius 1 is 1.19 bits per heavy atom. The normalized spacial score (nSPS) is 10.4. The molecular formula is C16H20BrN3O. The van der Waals surface area contributed by atoms with E-state index in [-0.39, 0.29) is 0 Å². The summed E-state index contributed by atoms with van der Waals surface area (Å²) in [5, 5.41) is 3.07. The van der Waals surface area contributed by atoms with E-state index in [1.54, 1.807) is 6.20 Å². The van der Waals surface area contributed by atoms with Crippen molar-refractivity contribution in [3.8, 4) is 11.6 Å². The highest BCUT2D eigenvalue weighted by molar-refractivity contribution is 9.10. The zero-order valence-corrected chi connectivity index (χ0v) is 14.0. The summed E-state index contributed by atoms with van der Waals surface area (Å²) in [5.74, 6) is 1.86. The second-order valence-corrected chi connectivity index (χ2v) is 5.58. The molecule has 0 amide bonds. The number of benzene rings is 1. The molecule has 1 heterocycles. The third-order valence-corrected chi connectivity index (χ3v) is 3.55. The Morgan fingerprint density at radius 3 is 2.62 bits per heavy atom. The van der Waals surface area contributed by atoms with Gasteiger partial charge in [0, 0.05) is 6.54 Å². The number of anilines is 1. The lowest BCUT2D eigenvalue weighted by molar-refractivity contribution is 0.458. The first-order valence-corrected chi connectivity index (χ1v) is 8.05. The van der Waals surface area contributed by atoms with Crippen LogP contribution in [0.3, 0.4) is 0 Å². The van der Waals surface area contributed by atoms with Gasteiger partial charge in [0.25, 0.3) is 0 Å². The topological polar surface area (TPSA) is 47.0 Å². The molecule has 0 saturated carbocycles. The summed E-state index contributed by atoms with van der Waals surface area (Å²) in [4.78, 5) is 8.51. The van der Waals surface area contributed by atoms with Gasteiger partial charge in [-0.15, -0.1) is 0 Å². The van der Waals surface area contributed by atoms with Gasteiger partial charge < -0.3 is 10.1 Å². The van der Waals surface area contributed by atoms with Crippen LogP contribution >= 0.6 is 15.9 Å². The third-order valence-electron chi connectivity index (χ3n) is 3.00. The number of aryl methyl sites for hydroxylation is 1. The molecular weight excluding hydrogens is 330 g/mol. The van der Waals surface area contributed by atoms with Gasteiger partial charge in [0.15, 0.2) is 0 Å². The summed E-state index contributed by atoms with van der Waals surface area (Å²) in [5.41, 5.74) is 1.33. The van der Waals surface area contributed by atoms with Crippen molar-refractivity contribution in [3.63, 3.8) is 0 Å². The van der Waals surface area contributed by atoms with Gasteiger partial charge in [-0.1, -0.05) is 25.5 Å². The SMILES string of the molecule is CCCCc1ccc(Oc2nc(NCC)ncc2Br)cc1. The van der Waals surface area contributed by atoms with Crippen LogP contribution in [0.1, 0.15) is 32.3 Å². The van der Waals surface area contributed by atoms with Gasteiger partial charge >= 0.3 is 0 Å². The van der Waals surface area contributed by atoms with E-state index in [4.69, 9.17) is 4.74 Å². The van der Waals surface area contributed by atoms with Crippen LogP contribution in [-0.4, -0.2) is 16.5 Å². The lowest BCUT2D eigenvalue weighted by atomic mass is 10.1. The average molecular weight is 350 g/mol. The molecule has 4 nitrogen and oxygen atoms in total. The van der Waals surface area contributed by atoms with E-state index in [1.165, 1.54) is 18.4 Å². The maximum absolute atomic E-state index is 5.82. The zero-order valence-electron chi connectivity index (χ0n) is 12.4. The monoisotopic (exact) mass is 349 g/mol. The molecule has 1 N–H and O–H groups in total. The molecule has 0 atom stereocenters. The van der Waals surface area contributed by atoms with Crippen LogP contribution in [0.4, 0.5) is 5.95 Å². The maximum Gasteiger partial charge on any atom is 0.238 e. The summed E-state index contributed by atoms with van der Waals surface area (Å²) in [7, 11) is 0. The van der Waals surface area contributed by atoms with Crippen molar-refractivity contribution in [1.82, 2.24) is 9.97 Å². The molecule has 21 heavy (non-hydrogen) atoms. The Labute approximate surface area is 134 Å². The highest BCUT2D eigenvalue weighted by atomic mass is 79.9. The van der Waals surface area contributed by atoms with Crippen LogP contribution in [0.5, 0.6) is 11.6 Å². The number of hydrogen-bond donors (Lipinski definition) is 1. The Morgan fingerprint density at radius 2 is 1.95 bits per heavy atom. The number of halogens is 1. The van der Waals surface area contributed by atoms with Crippen molar-refractivity contribution in [3.05, 3.63) is 40.5 Å². The molecule has 0 aliphatic carbocycles. The lowest BCUT2D eigenvalue weighted by Gasteiger charge is -2.09. The first kappa shape index (κ1) is 15.8. The van der Waals surface area contributed by atoms with Crippen molar-refractivity contribution in [2.45, 2.75) is 33.1 Å². The van der Waals surface area contributed by atoms with Crippen molar-refractivity contribution < 1.29 is 4.74 Å². The van der Waals surface area contributed by atoms with Gasteiger partial charge in [-0.2, -0.15) is 4.98 Å². The van der Waals surface area contributed by atoms with Crippen molar-refractivity contribution in [2.75, 3.05) is 11.9 Å². The van der Waals surface area contributed by atoms with E-state index in [1.807, 2.05) is 19.1 Å². The number of hydrogen-bond acceptors (Lipinski definition) is 4. The number of ether oxygens (including phenoxy) is 1. The quantitative estimate of drug-likeness (QED) is 0.779. The van der Waals surface area contributed by atoms with Crippen LogP contribution in [0.15, 0.2) is 34.9 Å². The van der Waals surface area contributed by atoms with E-state index in [0.29, 0.717) is 11.8 Å².